The van der Waals surface area contributed by atoms with Gasteiger partial charge in [-0.2, -0.15) is 0 Å². The first kappa shape index (κ1) is 15.1. The standard InChI is InChI=1S/C15H17ClN2O4/c1-17-11-6-18(5-10(14(17)20)7-22-8-11)15(21)9-2-3-12(16)13(19)4-9/h2-4,10-11,19H,5-8H2,1H3/t10-,11+/m1/s1. The fraction of sp³-hybridized carbons (Fsp3) is 0.467. The molecule has 2 bridgehead atoms. The van der Waals surface area contributed by atoms with Gasteiger partial charge in [0.25, 0.3) is 5.91 Å². The molecule has 2 aliphatic rings. The summed E-state index contributed by atoms with van der Waals surface area (Å²) in [7, 11) is 1.75. The summed E-state index contributed by atoms with van der Waals surface area (Å²) in [6.07, 6.45) is 0. The zero-order valence-corrected chi connectivity index (χ0v) is 12.9. The van der Waals surface area contributed by atoms with Crippen LogP contribution >= 0.6 is 11.6 Å². The Hall–Kier alpha value is -1.79. The van der Waals surface area contributed by atoms with Gasteiger partial charge in [-0.3, -0.25) is 9.59 Å². The summed E-state index contributed by atoms with van der Waals surface area (Å²) in [5.74, 6) is -0.676. The number of hydrogen-bond donors (Lipinski definition) is 1. The van der Waals surface area contributed by atoms with Gasteiger partial charge in [0.15, 0.2) is 0 Å². The Labute approximate surface area is 133 Å². The van der Waals surface area contributed by atoms with Gasteiger partial charge in [-0.1, -0.05) is 11.6 Å². The van der Waals surface area contributed by atoms with Gasteiger partial charge in [-0.05, 0) is 18.2 Å². The fourth-order valence-corrected chi connectivity index (χ4v) is 3.01. The molecule has 6 nitrogen and oxygen atoms in total. The van der Waals surface area contributed by atoms with Crippen molar-refractivity contribution in [3.8, 4) is 5.75 Å². The number of carbonyl (C=O) groups excluding carboxylic acids is 2. The van der Waals surface area contributed by atoms with Gasteiger partial charge in [0.2, 0.25) is 5.91 Å². The van der Waals surface area contributed by atoms with Crippen molar-refractivity contribution in [1.82, 2.24) is 9.80 Å². The van der Waals surface area contributed by atoms with Crippen molar-refractivity contribution < 1.29 is 19.4 Å². The smallest absolute Gasteiger partial charge is 0.254 e. The van der Waals surface area contributed by atoms with Crippen LogP contribution in [0.25, 0.3) is 0 Å². The molecule has 2 saturated heterocycles. The lowest BCUT2D eigenvalue weighted by molar-refractivity contribution is -0.133. The number of phenolic OH excluding ortho intramolecular Hbond substituents is 1. The molecule has 0 radical (unpaired) electrons. The maximum absolute atomic E-state index is 12.7. The number of carbonyl (C=O) groups is 2. The van der Waals surface area contributed by atoms with E-state index in [1.807, 2.05) is 0 Å². The number of phenols is 1. The third kappa shape index (κ3) is 2.64. The van der Waals surface area contributed by atoms with Gasteiger partial charge in [0, 0.05) is 25.7 Å². The van der Waals surface area contributed by atoms with Crippen molar-refractivity contribution in [2.45, 2.75) is 6.04 Å². The molecule has 2 atom stereocenters. The van der Waals surface area contributed by atoms with Crippen molar-refractivity contribution in [2.75, 3.05) is 33.4 Å². The number of benzene rings is 1. The number of nitrogens with zero attached hydrogens (tertiary/aromatic N) is 2. The molecule has 2 fully saturated rings. The maximum atomic E-state index is 12.7. The van der Waals surface area contributed by atoms with Crippen molar-refractivity contribution in [3.05, 3.63) is 28.8 Å². The fourth-order valence-electron chi connectivity index (χ4n) is 2.89. The van der Waals surface area contributed by atoms with E-state index in [4.69, 9.17) is 16.3 Å². The first-order chi connectivity index (χ1) is 10.5. The zero-order chi connectivity index (χ0) is 15.9. The van der Waals surface area contributed by atoms with Crippen LogP contribution < -0.4 is 0 Å². The third-order valence-corrected chi connectivity index (χ3v) is 4.55. The second-order valence-corrected chi connectivity index (χ2v) is 6.12. The van der Waals surface area contributed by atoms with Gasteiger partial charge in [-0.15, -0.1) is 0 Å². The largest absolute Gasteiger partial charge is 0.506 e. The summed E-state index contributed by atoms with van der Waals surface area (Å²) in [5, 5.41) is 9.86. The maximum Gasteiger partial charge on any atom is 0.254 e. The highest BCUT2D eigenvalue weighted by atomic mass is 35.5. The summed E-state index contributed by atoms with van der Waals surface area (Å²) in [5.41, 5.74) is 0.359. The highest BCUT2D eigenvalue weighted by Gasteiger charge is 2.38. The van der Waals surface area contributed by atoms with E-state index in [2.05, 4.69) is 0 Å². The molecule has 1 aromatic carbocycles. The first-order valence-electron chi connectivity index (χ1n) is 7.09. The molecule has 3 rings (SSSR count). The van der Waals surface area contributed by atoms with Crippen LogP contribution in [0.5, 0.6) is 5.75 Å². The van der Waals surface area contributed by atoms with Crippen LogP contribution in [0.4, 0.5) is 0 Å². The predicted octanol–water partition coefficient (Wildman–Crippen LogP) is 0.975. The summed E-state index contributed by atoms with van der Waals surface area (Å²) in [6.45, 7) is 1.49. The number of likely N-dealkylation sites (N-methyl/N-ethyl adjacent to an activating group) is 1. The second-order valence-electron chi connectivity index (χ2n) is 5.71. The minimum Gasteiger partial charge on any atom is -0.506 e. The van der Waals surface area contributed by atoms with E-state index in [9.17, 15) is 14.7 Å². The molecule has 2 amide bonds. The molecule has 0 aromatic heterocycles. The van der Waals surface area contributed by atoms with Crippen molar-refractivity contribution in [3.63, 3.8) is 0 Å². The lowest BCUT2D eigenvalue weighted by Gasteiger charge is -2.29. The molecule has 1 N–H and O–H groups in total. The normalized spacial score (nSPS) is 25.1. The van der Waals surface area contributed by atoms with Crippen LogP contribution in [0.2, 0.25) is 5.02 Å². The summed E-state index contributed by atoms with van der Waals surface area (Å²) in [4.78, 5) is 28.3. The van der Waals surface area contributed by atoms with Crippen molar-refractivity contribution in [1.29, 1.82) is 0 Å². The average molecular weight is 325 g/mol. The molecule has 0 saturated carbocycles. The molecule has 118 valence electrons. The van der Waals surface area contributed by atoms with Crippen molar-refractivity contribution in [2.24, 2.45) is 5.92 Å². The molecule has 1 aromatic rings. The van der Waals surface area contributed by atoms with Gasteiger partial charge in [0.1, 0.15) is 5.75 Å². The number of hydrogen-bond acceptors (Lipinski definition) is 4. The van der Waals surface area contributed by atoms with E-state index < -0.39 is 0 Å². The number of halogens is 1. The zero-order valence-electron chi connectivity index (χ0n) is 12.2. The topological polar surface area (TPSA) is 70.1 Å². The average Bonchev–Trinajstić information content (AvgIpc) is 2.67. The molecule has 2 heterocycles. The molecule has 0 aliphatic carbocycles. The SMILES string of the molecule is CN1C(=O)[C@H]2COC[C@@H]1CN(C(=O)c1ccc(Cl)c(O)c1)C2. The van der Waals surface area contributed by atoms with Crippen LogP contribution in [0, 0.1) is 5.92 Å². The number of amides is 2. The summed E-state index contributed by atoms with van der Waals surface area (Å²) >= 11 is 5.77. The Morgan fingerprint density at radius 1 is 1.36 bits per heavy atom. The number of ether oxygens (including phenoxy) is 1. The number of rotatable bonds is 1. The Kier molecular flexibility index (Phi) is 3.97. The Morgan fingerprint density at radius 2 is 2.14 bits per heavy atom. The first-order valence-corrected chi connectivity index (χ1v) is 7.47. The lowest BCUT2D eigenvalue weighted by atomic mass is 10.1. The Morgan fingerprint density at radius 3 is 2.86 bits per heavy atom. The van der Waals surface area contributed by atoms with Gasteiger partial charge >= 0.3 is 0 Å². The highest BCUT2D eigenvalue weighted by Crippen LogP contribution is 2.26. The molecule has 7 heteroatoms. The van der Waals surface area contributed by atoms with E-state index in [-0.39, 0.29) is 34.5 Å². The monoisotopic (exact) mass is 324 g/mol. The summed E-state index contributed by atoms with van der Waals surface area (Å²) in [6, 6.07) is 4.27. The second kappa shape index (κ2) is 5.78. The highest BCUT2D eigenvalue weighted by molar-refractivity contribution is 6.32. The number of fused-ring (bicyclic) bond motifs is 3. The van der Waals surface area contributed by atoms with Gasteiger partial charge in [0.05, 0.1) is 30.2 Å². The minimum atomic E-state index is -0.345. The molecule has 2 aliphatic heterocycles. The van der Waals surface area contributed by atoms with Crippen LogP contribution in [-0.4, -0.2) is 66.1 Å². The predicted molar refractivity (Wildman–Crippen MR) is 79.9 cm³/mol. The third-order valence-electron chi connectivity index (χ3n) is 4.23. The summed E-state index contributed by atoms with van der Waals surface area (Å²) < 4.78 is 5.51. The van der Waals surface area contributed by atoms with Crippen LogP contribution in [0.15, 0.2) is 18.2 Å². The van der Waals surface area contributed by atoms with Gasteiger partial charge in [-0.25, -0.2) is 0 Å². The van der Waals surface area contributed by atoms with E-state index in [0.29, 0.717) is 31.9 Å². The lowest BCUT2D eigenvalue weighted by Crippen LogP contribution is -2.45. The Balaban J connectivity index is 1.87. The molecular formula is C15H17ClN2O4. The van der Waals surface area contributed by atoms with Crippen LogP contribution in [0.3, 0.4) is 0 Å². The molecule has 22 heavy (non-hydrogen) atoms. The van der Waals surface area contributed by atoms with E-state index in [1.54, 1.807) is 22.9 Å². The number of aromatic hydroxyl groups is 1. The molecule has 0 spiro atoms. The molecule has 0 unspecified atom stereocenters. The van der Waals surface area contributed by atoms with E-state index >= 15 is 0 Å². The van der Waals surface area contributed by atoms with Gasteiger partial charge < -0.3 is 19.6 Å². The van der Waals surface area contributed by atoms with Crippen molar-refractivity contribution >= 4 is 23.4 Å². The quantitative estimate of drug-likeness (QED) is 0.836. The van der Waals surface area contributed by atoms with Crippen LogP contribution in [0.1, 0.15) is 10.4 Å². The van der Waals surface area contributed by atoms with E-state index in [0.717, 1.165) is 0 Å². The Bertz CT molecular complexity index is 622. The van der Waals surface area contributed by atoms with Crippen LogP contribution in [-0.2, 0) is 9.53 Å². The van der Waals surface area contributed by atoms with E-state index in [1.165, 1.54) is 12.1 Å². The molecular weight excluding hydrogens is 308 g/mol. The minimum absolute atomic E-state index is 0.0109.